The average molecular weight is 471 g/mol. The van der Waals surface area contributed by atoms with Gasteiger partial charge in [0, 0.05) is 41.5 Å². The Labute approximate surface area is 205 Å². The van der Waals surface area contributed by atoms with Crippen LogP contribution >= 0.6 is 0 Å². The Morgan fingerprint density at radius 3 is 2.51 bits per heavy atom. The minimum Gasteiger partial charge on any atom is -0.493 e. The van der Waals surface area contributed by atoms with Crippen LogP contribution in [0.4, 0.5) is 0 Å². The minimum absolute atomic E-state index is 0.0201. The molecule has 2 N–H and O–H groups in total. The molecule has 0 spiro atoms. The molecule has 4 aromatic rings. The molecule has 0 bridgehead atoms. The second-order valence-electron chi connectivity index (χ2n) is 8.43. The van der Waals surface area contributed by atoms with Gasteiger partial charge in [-0.1, -0.05) is 48.5 Å². The van der Waals surface area contributed by atoms with Crippen molar-refractivity contribution in [1.82, 2.24) is 10.3 Å². The number of aromatic nitrogens is 1. The highest BCUT2D eigenvalue weighted by Gasteiger charge is 2.19. The molecule has 0 aliphatic rings. The number of hydrogen-bond acceptors (Lipinski definition) is 4. The van der Waals surface area contributed by atoms with Gasteiger partial charge in [0.1, 0.15) is 0 Å². The number of benzene rings is 3. The Kier molecular flexibility index (Phi) is 7.83. The monoisotopic (exact) mass is 470 g/mol. The molecule has 0 saturated carbocycles. The van der Waals surface area contributed by atoms with Gasteiger partial charge in [-0.2, -0.15) is 0 Å². The quantitative estimate of drug-likeness (QED) is 0.224. The fourth-order valence-corrected chi connectivity index (χ4v) is 4.20. The largest absolute Gasteiger partial charge is 0.493 e. The van der Waals surface area contributed by atoms with Crippen molar-refractivity contribution in [2.75, 3.05) is 20.3 Å². The van der Waals surface area contributed by atoms with Crippen molar-refractivity contribution in [3.63, 3.8) is 0 Å². The van der Waals surface area contributed by atoms with E-state index in [0.29, 0.717) is 43.1 Å². The molecule has 0 fully saturated rings. The molecular formula is C29H30N2O4. The number of ether oxygens (including phenoxy) is 2. The predicted octanol–water partition coefficient (Wildman–Crippen LogP) is 5.49. The lowest BCUT2D eigenvalue weighted by Crippen LogP contribution is -2.29. The molecular weight excluding hydrogens is 440 g/mol. The van der Waals surface area contributed by atoms with Crippen LogP contribution in [0.25, 0.3) is 10.9 Å². The summed E-state index contributed by atoms with van der Waals surface area (Å²) in [6.45, 7) is 2.38. The molecule has 1 aromatic heterocycles. The van der Waals surface area contributed by atoms with Gasteiger partial charge in [-0.05, 0) is 48.7 Å². The van der Waals surface area contributed by atoms with Crippen LogP contribution in [0.5, 0.6) is 11.5 Å². The number of fused-ring (bicyclic) bond motifs is 1. The summed E-state index contributed by atoms with van der Waals surface area (Å²) >= 11 is 0. The Morgan fingerprint density at radius 2 is 1.74 bits per heavy atom. The first kappa shape index (κ1) is 24.1. The van der Waals surface area contributed by atoms with Gasteiger partial charge in [-0.15, -0.1) is 0 Å². The number of aromatic amines is 1. The molecule has 6 heteroatoms. The fourth-order valence-electron chi connectivity index (χ4n) is 4.20. The van der Waals surface area contributed by atoms with Crippen molar-refractivity contribution < 1.29 is 19.1 Å². The van der Waals surface area contributed by atoms with Crippen molar-refractivity contribution in [3.05, 3.63) is 95.7 Å². The minimum atomic E-state index is -0.0343. The molecule has 3 aromatic carbocycles. The van der Waals surface area contributed by atoms with Crippen LogP contribution in [-0.2, 0) is 4.79 Å². The average Bonchev–Trinajstić information content (AvgIpc) is 3.31. The van der Waals surface area contributed by atoms with Crippen LogP contribution in [0, 0.1) is 0 Å². The van der Waals surface area contributed by atoms with Crippen molar-refractivity contribution in [1.29, 1.82) is 0 Å². The zero-order chi connectivity index (χ0) is 24.6. The Hall–Kier alpha value is -4.06. The standard InChI is InChI=1S/C29H30N2O4/c1-20(32)22-14-15-27(28(17-22)34-2)35-16-8-13-29(33)31-18-24(21-9-4-3-5-10-21)25-19-30-26-12-7-6-11-23(25)26/h3-7,9-12,14-15,17,19,24,30H,8,13,16,18H2,1-2H3,(H,31,33). The van der Waals surface area contributed by atoms with Gasteiger partial charge in [0.05, 0.1) is 13.7 Å². The number of carbonyl (C=O) groups excluding carboxylic acids is 2. The van der Waals surface area contributed by atoms with E-state index in [4.69, 9.17) is 9.47 Å². The van der Waals surface area contributed by atoms with Crippen LogP contribution in [-0.4, -0.2) is 36.9 Å². The first-order valence-corrected chi connectivity index (χ1v) is 11.8. The molecule has 0 aliphatic carbocycles. The third-order valence-corrected chi connectivity index (χ3v) is 6.08. The highest BCUT2D eigenvalue weighted by atomic mass is 16.5. The first-order chi connectivity index (χ1) is 17.1. The van der Waals surface area contributed by atoms with Gasteiger partial charge in [-0.3, -0.25) is 9.59 Å². The van der Waals surface area contributed by atoms with E-state index in [-0.39, 0.29) is 17.6 Å². The molecule has 35 heavy (non-hydrogen) atoms. The Balaban J connectivity index is 1.34. The summed E-state index contributed by atoms with van der Waals surface area (Å²) in [7, 11) is 1.54. The summed E-state index contributed by atoms with van der Waals surface area (Å²) < 4.78 is 11.1. The van der Waals surface area contributed by atoms with Crippen molar-refractivity contribution in [3.8, 4) is 11.5 Å². The lowest BCUT2D eigenvalue weighted by molar-refractivity contribution is -0.121. The van der Waals surface area contributed by atoms with Crippen LogP contribution in [0.15, 0.2) is 79.0 Å². The highest BCUT2D eigenvalue weighted by Crippen LogP contribution is 2.31. The Morgan fingerprint density at radius 1 is 0.971 bits per heavy atom. The number of methoxy groups -OCH3 is 1. The summed E-state index contributed by atoms with van der Waals surface area (Å²) in [5.41, 5.74) is 3.97. The maximum atomic E-state index is 12.6. The Bertz CT molecular complexity index is 1300. The fraction of sp³-hybridized carbons (Fsp3) is 0.241. The van der Waals surface area contributed by atoms with Gasteiger partial charge in [0.2, 0.25) is 5.91 Å². The second-order valence-corrected chi connectivity index (χ2v) is 8.43. The molecule has 1 atom stereocenters. The molecule has 1 heterocycles. The normalized spacial score (nSPS) is 11.7. The number of ketones is 1. The molecule has 0 saturated heterocycles. The summed E-state index contributed by atoms with van der Waals surface area (Å²) in [5.74, 6) is 1.05. The first-order valence-electron chi connectivity index (χ1n) is 11.8. The van der Waals surface area contributed by atoms with Gasteiger partial charge < -0.3 is 19.8 Å². The maximum Gasteiger partial charge on any atom is 0.220 e. The zero-order valence-electron chi connectivity index (χ0n) is 20.0. The van der Waals surface area contributed by atoms with Gasteiger partial charge in [-0.25, -0.2) is 0 Å². The van der Waals surface area contributed by atoms with E-state index >= 15 is 0 Å². The highest BCUT2D eigenvalue weighted by molar-refractivity contribution is 5.94. The van der Waals surface area contributed by atoms with Gasteiger partial charge in [0.25, 0.3) is 0 Å². The molecule has 1 amide bonds. The SMILES string of the molecule is COc1cc(C(C)=O)ccc1OCCCC(=O)NCC(c1ccccc1)c1c[nH]c2ccccc12. The maximum absolute atomic E-state index is 12.6. The van der Waals surface area contributed by atoms with E-state index in [2.05, 4.69) is 34.6 Å². The number of H-pyrrole nitrogens is 1. The van der Waals surface area contributed by atoms with Crippen molar-refractivity contribution >= 4 is 22.6 Å². The summed E-state index contributed by atoms with van der Waals surface area (Å²) in [6, 6.07) is 23.5. The zero-order valence-corrected chi connectivity index (χ0v) is 20.0. The van der Waals surface area contributed by atoms with E-state index < -0.39 is 0 Å². The lowest BCUT2D eigenvalue weighted by atomic mass is 9.91. The third-order valence-electron chi connectivity index (χ3n) is 6.08. The third kappa shape index (κ3) is 5.90. The number of para-hydroxylation sites is 1. The summed E-state index contributed by atoms with van der Waals surface area (Å²) in [4.78, 5) is 27.5. The number of rotatable bonds is 11. The van der Waals surface area contributed by atoms with E-state index in [1.165, 1.54) is 14.0 Å². The van der Waals surface area contributed by atoms with Crippen LogP contribution in [0.2, 0.25) is 0 Å². The van der Waals surface area contributed by atoms with E-state index in [9.17, 15) is 9.59 Å². The number of carbonyl (C=O) groups is 2. The molecule has 6 nitrogen and oxygen atoms in total. The smallest absolute Gasteiger partial charge is 0.220 e. The van der Waals surface area contributed by atoms with Crippen molar-refractivity contribution in [2.45, 2.75) is 25.7 Å². The van der Waals surface area contributed by atoms with E-state index in [1.807, 2.05) is 36.5 Å². The van der Waals surface area contributed by atoms with Crippen LogP contribution in [0.1, 0.15) is 47.2 Å². The lowest BCUT2D eigenvalue weighted by Gasteiger charge is -2.18. The summed E-state index contributed by atoms with van der Waals surface area (Å²) in [6.07, 6.45) is 2.95. The van der Waals surface area contributed by atoms with E-state index in [0.717, 1.165) is 22.0 Å². The molecule has 4 rings (SSSR count). The second kappa shape index (κ2) is 11.4. The number of amides is 1. The predicted molar refractivity (Wildman–Crippen MR) is 137 cm³/mol. The van der Waals surface area contributed by atoms with Gasteiger partial charge >= 0.3 is 0 Å². The van der Waals surface area contributed by atoms with Crippen LogP contribution < -0.4 is 14.8 Å². The molecule has 1 unspecified atom stereocenters. The number of hydrogen-bond donors (Lipinski definition) is 2. The molecule has 180 valence electrons. The van der Waals surface area contributed by atoms with Gasteiger partial charge in [0.15, 0.2) is 17.3 Å². The number of nitrogens with one attached hydrogen (secondary N) is 2. The van der Waals surface area contributed by atoms with Crippen LogP contribution in [0.3, 0.4) is 0 Å². The molecule has 0 aliphatic heterocycles. The van der Waals surface area contributed by atoms with Crippen molar-refractivity contribution in [2.24, 2.45) is 0 Å². The number of Topliss-reactive ketones (excluding diaryl/α,β-unsaturated/α-hetero) is 1. The topological polar surface area (TPSA) is 80.4 Å². The summed E-state index contributed by atoms with van der Waals surface area (Å²) in [5, 5.41) is 4.27. The molecule has 0 radical (unpaired) electrons. The van der Waals surface area contributed by atoms with E-state index in [1.54, 1.807) is 18.2 Å².